The maximum Gasteiger partial charge on any atom is 0.300 e. The van der Waals surface area contributed by atoms with Crippen molar-refractivity contribution >= 4 is 30.4 Å². The first-order chi connectivity index (χ1) is 12.0. The first kappa shape index (κ1) is 17.8. The number of carboxylic acid groups (broad SMARTS) is 1. The van der Waals surface area contributed by atoms with Crippen LogP contribution in [0.2, 0.25) is 5.31 Å². The number of rotatable bonds is 7. The number of aromatic nitrogens is 1. The monoisotopic (exact) mass is 336 g/mol. The van der Waals surface area contributed by atoms with E-state index < -0.39 is 11.3 Å². The zero-order chi connectivity index (χ0) is 18.0. The van der Waals surface area contributed by atoms with E-state index in [9.17, 15) is 9.90 Å². The fraction of sp³-hybridized carbons (Fsp3) is 0.500. The number of para-hydroxylation sites is 1. The molecule has 0 aliphatic heterocycles. The van der Waals surface area contributed by atoms with Crippen molar-refractivity contribution in [1.82, 2.24) is 4.98 Å². The van der Waals surface area contributed by atoms with Gasteiger partial charge in [0.25, 0.3) is 0 Å². The molecular weight excluding hydrogens is 311 g/mol. The first-order valence-electron chi connectivity index (χ1n) is 9.06. The van der Waals surface area contributed by atoms with Crippen LogP contribution in [0.5, 0.6) is 0 Å². The number of carboxylic acids is 1. The Balaban J connectivity index is 1.74. The van der Waals surface area contributed by atoms with Crippen molar-refractivity contribution in [2.75, 3.05) is 11.9 Å². The van der Waals surface area contributed by atoms with Crippen molar-refractivity contribution in [3.05, 3.63) is 36.5 Å². The summed E-state index contributed by atoms with van der Waals surface area (Å²) >= 11 is 0. The second kappa shape index (κ2) is 7.07. The summed E-state index contributed by atoms with van der Waals surface area (Å²) in [6.45, 7) is 2.06. The Labute approximate surface area is 150 Å². The number of hydrogen-bond acceptors (Lipinski definition) is 3. The molecule has 1 heterocycles. The van der Waals surface area contributed by atoms with Gasteiger partial charge in [0.2, 0.25) is 0 Å². The molecule has 0 spiro atoms. The number of anilines is 1. The van der Waals surface area contributed by atoms with Crippen LogP contribution in [0.1, 0.15) is 39.0 Å². The van der Waals surface area contributed by atoms with Gasteiger partial charge in [-0.3, -0.25) is 9.78 Å². The van der Waals surface area contributed by atoms with Crippen molar-refractivity contribution in [3.63, 3.8) is 0 Å². The molecule has 1 N–H and O–H groups in total. The number of fused-ring (bicyclic) bond motifs is 1. The molecule has 2 aromatic rings. The molecule has 1 atom stereocenters. The fourth-order valence-corrected chi connectivity index (χ4v) is 3.85. The largest absolute Gasteiger partial charge is 0.481 e. The van der Waals surface area contributed by atoms with Crippen molar-refractivity contribution in [1.29, 1.82) is 0 Å². The predicted octanol–water partition coefficient (Wildman–Crippen LogP) is 4.05. The van der Waals surface area contributed by atoms with Gasteiger partial charge in [0, 0.05) is 30.0 Å². The van der Waals surface area contributed by atoms with Gasteiger partial charge in [-0.15, -0.1) is 0 Å². The number of hydrogen-bond donors (Lipinski definition) is 1. The molecule has 25 heavy (non-hydrogen) atoms. The number of benzene rings is 1. The first-order valence-corrected chi connectivity index (χ1v) is 9.06. The van der Waals surface area contributed by atoms with E-state index in [-0.39, 0.29) is 5.92 Å². The van der Waals surface area contributed by atoms with Crippen molar-refractivity contribution in [3.8, 4) is 0 Å². The number of nitrogens with zero attached hydrogens (tertiary/aromatic N) is 2. The molecule has 0 amide bonds. The normalized spacial score (nSPS) is 22.2. The van der Waals surface area contributed by atoms with Crippen LogP contribution in [0, 0.1) is 5.92 Å². The molecule has 2 radical (unpaired) electrons. The Kier molecular flexibility index (Phi) is 5.02. The summed E-state index contributed by atoms with van der Waals surface area (Å²) in [6, 6.07) is 10.5. The number of unbranched alkanes of at least 4 members (excludes halogenated alkanes) is 1. The lowest BCUT2D eigenvalue weighted by Gasteiger charge is -2.49. The van der Waals surface area contributed by atoms with Gasteiger partial charge in [0.15, 0.2) is 0 Å². The molecule has 0 saturated heterocycles. The lowest BCUT2D eigenvalue weighted by Crippen LogP contribution is -2.49. The minimum atomic E-state index is -1.09. The number of pyridine rings is 1. The summed E-state index contributed by atoms with van der Waals surface area (Å²) in [5.41, 5.74) is 2.08. The second-order valence-electron chi connectivity index (χ2n) is 7.23. The van der Waals surface area contributed by atoms with Gasteiger partial charge in [0.1, 0.15) is 0 Å². The average molecular weight is 336 g/mol. The van der Waals surface area contributed by atoms with E-state index in [1.807, 2.05) is 18.3 Å². The Bertz CT molecular complexity index is 755. The standard InChI is InChI=1S/C20H25BN2O2/c1-3-4-10-20(21,19(24)25)15-12-16(13-15)23(2)17-9-5-7-14-8-6-11-22-18(14)17/h5-9,11,15-16H,3-4,10,12-13H2,1-2H3,(H,24,25). The zero-order valence-corrected chi connectivity index (χ0v) is 15.0. The van der Waals surface area contributed by atoms with Gasteiger partial charge < -0.3 is 10.0 Å². The molecule has 0 bridgehead atoms. The average Bonchev–Trinajstić information content (AvgIpc) is 2.57. The van der Waals surface area contributed by atoms with Crippen LogP contribution in [-0.2, 0) is 4.79 Å². The van der Waals surface area contributed by atoms with Crippen molar-refractivity contribution < 1.29 is 9.90 Å². The molecule has 3 rings (SSSR count). The Morgan fingerprint density at radius 2 is 2.08 bits per heavy atom. The van der Waals surface area contributed by atoms with Crippen LogP contribution in [0.3, 0.4) is 0 Å². The van der Waals surface area contributed by atoms with Crippen LogP contribution < -0.4 is 4.90 Å². The summed E-state index contributed by atoms with van der Waals surface area (Å²) in [6.07, 6.45) is 5.80. The molecule has 1 aromatic heterocycles. The van der Waals surface area contributed by atoms with Crippen LogP contribution in [-0.4, -0.2) is 37.0 Å². The summed E-state index contributed by atoms with van der Waals surface area (Å²) in [5.74, 6) is -0.828. The Morgan fingerprint density at radius 3 is 2.76 bits per heavy atom. The van der Waals surface area contributed by atoms with Crippen molar-refractivity contribution in [2.24, 2.45) is 5.92 Å². The number of aliphatic carboxylic acids is 1. The topological polar surface area (TPSA) is 53.4 Å². The number of carbonyl (C=O) groups is 1. The van der Waals surface area contributed by atoms with E-state index >= 15 is 0 Å². The quantitative estimate of drug-likeness (QED) is 0.775. The highest BCUT2D eigenvalue weighted by atomic mass is 16.4. The molecule has 5 heteroatoms. The molecule has 4 nitrogen and oxygen atoms in total. The lowest BCUT2D eigenvalue weighted by molar-refractivity contribution is -0.144. The third-order valence-corrected chi connectivity index (χ3v) is 5.72. The summed E-state index contributed by atoms with van der Waals surface area (Å²) in [5, 5.41) is 9.65. The van der Waals surface area contributed by atoms with Gasteiger partial charge in [-0.2, -0.15) is 0 Å². The molecule has 1 saturated carbocycles. The maximum atomic E-state index is 11.7. The molecular formula is C20H25BN2O2. The minimum Gasteiger partial charge on any atom is -0.481 e. The Hall–Kier alpha value is -2.04. The molecule has 1 aliphatic rings. The van der Waals surface area contributed by atoms with Gasteiger partial charge in [0.05, 0.1) is 19.1 Å². The Morgan fingerprint density at radius 1 is 1.36 bits per heavy atom. The maximum absolute atomic E-state index is 11.7. The predicted molar refractivity (Wildman–Crippen MR) is 102 cm³/mol. The smallest absolute Gasteiger partial charge is 0.300 e. The van der Waals surface area contributed by atoms with E-state index in [1.165, 1.54) is 0 Å². The van der Waals surface area contributed by atoms with E-state index in [0.29, 0.717) is 12.5 Å². The van der Waals surface area contributed by atoms with E-state index in [0.717, 1.165) is 42.3 Å². The molecule has 1 unspecified atom stereocenters. The lowest BCUT2D eigenvalue weighted by atomic mass is 9.51. The zero-order valence-electron chi connectivity index (χ0n) is 15.0. The molecule has 1 aromatic carbocycles. The van der Waals surface area contributed by atoms with Crippen molar-refractivity contribution in [2.45, 2.75) is 50.4 Å². The van der Waals surface area contributed by atoms with E-state index in [1.54, 1.807) is 0 Å². The highest BCUT2D eigenvalue weighted by molar-refractivity contribution is 6.27. The molecule has 130 valence electrons. The summed E-state index contributed by atoms with van der Waals surface area (Å²) < 4.78 is 0. The fourth-order valence-electron chi connectivity index (χ4n) is 3.85. The third kappa shape index (κ3) is 3.24. The summed E-state index contributed by atoms with van der Waals surface area (Å²) in [4.78, 5) is 18.5. The highest BCUT2D eigenvalue weighted by Crippen LogP contribution is 2.50. The molecule has 1 aliphatic carbocycles. The SMILES string of the molecule is [B]C(CCCC)(C(=O)O)C1CC(N(C)c2cccc3cccnc23)C1. The van der Waals surface area contributed by atoms with Crippen LogP contribution in [0.15, 0.2) is 36.5 Å². The van der Waals surface area contributed by atoms with Gasteiger partial charge in [-0.25, -0.2) is 0 Å². The van der Waals surface area contributed by atoms with Gasteiger partial charge in [-0.05, 0) is 37.3 Å². The summed E-state index contributed by atoms with van der Waals surface area (Å²) in [7, 11) is 8.36. The molecule has 1 fully saturated rings. The highest BCUT2D eigenvalue weighted by Gasteiger charge is 2.47. The van der Waals surface area contributed by atoms with Crippen LogP contribution in [0.25, 0.3) is 10.9 Å². The van der Waals surface area contributed by atoms with E-state index in [4.69, 9.17) is 7.85 Å². The van der Waals surface area contributed by atoms with Crippen LogP contribution in [0.4, 0.5) is 5.69 Å². The van der Waals surface area contributed by atoms with Gasteiger partial charge >= 0.3 is 5.97 Å². The third-order valence-electron chi connectivity index (χ3n) is 5.72. The van der Waals surface area contributed by atoms with Crippen LogP contribution >= 0.6 is 0 Å². The van der Waals surface area contributed by atoms with Gasteiger partial charge in [-0.1, -0.05) is 38.0 Å². The minimum absolute atomic E-state index is 0.0342. The second-order valence-corrected chi connectivity index (χ2v) is 7.23. The van der Waals surface area contributed by atoms with E-state index in [2.05, 4.69) is 42.1 Å².